The number of hydrogen-bond acceptors (Lipinski definition) is 4. The fourth-order valence-electron chi connectivity index (χ4n) is 3.11. The molecule has 1 N–H and O–H groups in total. The van der Waals surface area contributed by atoms with Crippen molar-refractivity contribution in [3.63, 3.8) is 0 Å². The van der Waals surface area contributed by atoms with E-state index in [0.717, 1.165) is 34.3 Å². The predicted octanol–water partition coefficient (Wildman–Crippen LogP) is 6.03. The summed E-state index contributed by atoms with van der Waals surface area (Å²) in [6.45, 7) is 1.91. The molecule has 0 amide bonds. The maximum atomic E-state index is 6.22. The number of methoxy groups -OCH3 is 2. The first-order valence-electron chi connectivity index (χ1n) is 9.67. The van der Waals surface area contributed by atoms with Gasteiger partial charge in [0.15, 0.2) is 11.5 Å². The number of benzene rings is 3. The standard InChI is InChI=1S/C24H25BrClNO3/c1-28-22-10-6-4-7-17(22)11-12-27-15-19-13-23(29-2)24(14-20(19)25)30-16-18-8-3-5-9-21(18)26/h3-10,13-14,27H,11-12,15-16H2,1-2H3. The summed E-state index contributed by atoms with van der Waals surface area (Å²) in [5.74, 6) is 2.27. The Labute approximate surface area is 191 Å². The molecule has 0 fully saturated rings. The van der Waals surface area contributed by atoms with E-state index in [1.165, 1.54) is 5.56 Å². The summed E-state index contributed by atoms with van der Waals surface area (Å²) < 4.78 is 17.9. The van der Waals surface area contributed by atoms with Crippen LogP contribution < -0.4 is 19.5 Å². The number of nitrogens with one attached hydrogen (secondary N) is 1. The van der Waals surface area contributed by atoms with Crippen LogP contribution in [-0.2, 0) is 19.6 Å². The highest BCUT2D eigenvalue weighted by Gasteiger charge is 2.11. The van der Waals surface area contributed by atoms with Crippen LogP contribution in [0.4, 0.5) is 0 Å². The molecule has 3 aromatic carbocycles. The van der Waals surface area contributed by atoms with Crippen LogP contribution >= 0.6 is 27.5 Å². The van der Waals surface area contributed by atoms with E-state index in [2.05, 4.69) is 27.3 Å². The first-order chi connectivity index (χ1) is 14.6. The molecule has 0 atom stereocenters. The Balaban J connectivity index is 1.60. The van der Waals surface area contributed by atoms with E-state index < -0.39 is 0 Å². The number of hydrogen-bond donors (Lipinski definition) is 1. The van der Waals surface area contributed by atoms with E-state index in [1.54, 1.807) is 14.2 Å². The highest BCUT2D eigenvalue weighted by molar-refractivity contribution is 9.10. The lowest BCUT2D eigenvalue weighted by Gasteiger charge is -2.15. The van der Waals surface area contributed by atoms with Crippen molar-refractivity contribution in [3.8, 4) is 17.2 Å². The first kappa shape index (κ1) is 22.5. The molecule has 0 saturated carbocycles. The summed E-state index contributed by atoms with van der Waals surface area (Å²) in [4.78, 5) is 0. The zero-order valence-electron chi connectivity index (χ0n) is 17.1. The van der Waals surface area contributed by atoms with Gasteiger partial charge >= 0.3 is 0 Å². The van der Waals surface area contributed by atoms with Crippen LogP contribution in [0.2, 0.25) is 5.02 Å². The summed E-state index contributed by atoms with van der Waals surface area (Å²) in [6, 6.07) is 19.7. The summed E-state index contributed by atoms with van der Waals surface area (Å²) in [6.07, 6.45) is 0.887. The monoisotopic (exact) mass is 489 g/mol. The average molecular weight is 491 g/mol. The predicted molar refractivity (Wildman–Crippen MR) is 125 cm³/mol. The lowest BCUT2D eigenvalue weighted by molar-refractivity contribution is 0.284. The number of rotatable bonds is 10. The fraction of sp³-hybridized carbons (Fsp3) is 0.250. The van der Waals surface area contributed by atoms with Crippen LogP contribution in [0.1, 0.15) is 16.7 Å². The average Bonchev–Trinajstić information content (AvgIpc) is 2.77. The van der Waals surface area contributed by atoms with Gasteiger partial charge in [-0.25, -0.2) is 0 Å². The highest BCUT2D eigenvalue weighted by atomic mass is 79.9. The topological polar surface area (TPSA) is 39.7 Å². The molecule has 0 spiro atoms. The highest BCUT2D eigenvalue weighted by Crippen LogP contribution is 2.34. The van der Waals surface area contributed by atoms with E-state index in [-0.39, 0.29) is 0 Å². The van der Waals surface area contributed by atoms with Gasteiger partial charge in [0.05, 0.1) is 14.2 Å². The van der Waals surface area contributed by atoms with Crippen molar-refractivity contribution in [2.75, 3.05) is 20.8 Å². The van der Waals surface area contributed by atoms with E-state index in [4.69, 9.17) is 25.8 Å². The maximum absolute atomic E-state index is 6.22. The lowest BCUT2D eigenvalue weighted by atomic mass is 10.1. The van der Waals surface area contributed by atoms with Crippen molar-refractivity contribution < 1.29 is 14.2 Å². The lowest BCUT2D eigenvalue weighted by Crippen LogP contribution is -2.17. The van der Waals surface area contributed by atoms with Crippen molar-refractivity contribution in [1.82, 2.24) is 5.32 Å². The molecule has 30 heavy (non-hydrogen) atoms. The van der Waals surface area contributed by atoms with Gasteiger partial charge in [0.2, 0.25) is 0 Å². The van der Waals surface area contributed by atoms with Crippen LogP contribution in [0.25, 0.3) is 0 Å². The van der Waals surface area contributed by atoms with Gasteiger partial charge in [0.25, 0.3) is 0 Å². The van der Waals surface area contributed by atoms with Gasteiger partial charge in [-0.2, -0.15) is 0 Å². The molecular weight excluding hydrogens is 466 g/mol. The molecule has 0 unspecified atom stereocenters. The molecule has 0 heterocycles. The minimum Gasteiger partial charge on any atom is -0.496 e. The van der Waals surface area contributed by atoms with Crippen LogP contribution in [0, 0.1) is 0 Å². The Morgan fingerprint density at radius 1 is 0.833 bits per heavy atom. The summed E-state index contributed by atoms with van der Waals surface area (Å²) >= 11 is 9.87. The van der Waals surface area contributed by atoms with Crippen molar-refractivity contribution in [2.24, 2.45) is 0 Å². The van der Waals surface area contributed by atoms with Crippen molar-refractivity contribution >= 4 is 27.5 Å². The van der Waals surface area contributed by atoms with Crippen LogP contribution in [-0.4, -0.2) is 20.8 Å². The second-order valence-corrected chi connectivity index (χ2v) is 7.97. The summed E-state index contributed by atoms with van der Waals surface area (Å²) in [7, 11) is 3.34. The molecule has 0 aliphatic carbocycles. The number of ether oxygens (including phenoxy) is 3. The van der Waals surface area contributed by atoms with Gasteiger partial charge in [0.1, 0.15) is 12.4 Å². The van der Waals surface area contributed by atoms with Gasteiger partial charge in [-0.05, 0) is 48.4 Å². The van der Waals surface area contributed by atoms with Gasteiger partial charge in [-0.1, -0.05) is 63.9 Å². The number of halogens is 2. The quantitative estimate of drug-likeness (QED) is 0.352. The third-order valence-electron chi connectivity index (χ3n) is 4.75. The Morgan fingerprint density at radius 3 is 2.27 bits per heavy atom. The zero-order chi connectivity index (χ0) is 21.3. The molecule has 0 radical (unpaired) electrons. The second-order valence-electron chi connectivity index (χ2n) is 6.71. The van der Waals surface area contributed by atoms with Crippen molar-refractivity contribution in [1.29, 1.82) is 0 Å². The molecule has 3 rings (SSSR count). The Kier molecular flexibility index (Phi) is 8.43. The van der Waals surface area contributed by atoms with Crippen molar-refractivity contribution in [2.45, 2.75) is 19.6 Å². The normalized spacial score (nSPS) is 10.7. The molecule has 3 aromatic rings. The van der Waals surface area contributed by atoms with Gasteiger partial charge in [-0.15, -0.1) is 0 Å². The smallest absolute Gasteiger partial charge is 0.162 e. The Morgan fingerprint density at radius 2 is 1.53 bits per heavy atom. The number of para-hydroxylation sites is 1. The maximum Gasteiger partial charge on any atom is 0.162 e. The second kappa shape index (κ2) is 11.3. The third kappa shape index (κ3) is 5.91. The summed E-state index contributed by atoms with van der Waals surface area (Å²) in [5, 5.41) is 4.17. The molecule has 6 heteroatoms. The third-order valence-corrected chi connectivity index (χ3v) is 5.86. The molecule has 4 nitrogen and oxygen atoms in total. The SMILES string of the molecule is COc1ccccc1CCNCc1cc(OC)c(OCc2ccccc2Cl)cc1Br. The van der Waals surface area contributed by atoms with Crippen LogP contribution in [0.15, 0.2) is 65.1 Å². The molecule has 0 bridgehead atoms. The van der Waals surface area contributed by atoms with Gasteiger partial charge < -0.3 is 19.5 Å². The summed E-state index contributed by atoms with van der Waals surface area (Å²) in [5.41, 5.74) is 3.21. The van der Waals surface area contributed by atoms with E-state index >= 15 is 0 Å². The Bertz CT molecular complexity index is 980. The fourth-order valence-corrected chi connectivity index (χ4v) is 3.76. The molecular formula is C24H25BrClNO3. The van der Waals surface area contributed by atoms with E-state index in [9.17, 15) is 0 Å². The van der Waals surface area contributed by atoms with Crippen molar-refractivity contribution in [3.05, 3.63) is 86.8 Å². The molecule has 0 aromatic heterocycles. The van der Waals surface area contributed by atoms with Gasteiger partial charge in [-0.3, -0.25) is 0 Å². The van der Waals surface area contributed by atoms with E-state index in [1.807, 2.05) is 54.6 Å². The van der Waals surface area contributed by atoms with Crippen LogP contribution in [0.5, 0.6) is 17.2 Å². The first-order valence-corrected chi connectivity index (χ1v) is 10.8. The minimum atomic E-state index is 0.374. The molecule has 0 saturated heterocycles. The molecule has 0 aliphatic rings. The molecule has 0 aliphatic heterocycles. The van der Waals surface area contributed by atoms with Crippen LogP contribution in [0.3, 0.4) is 0 Å². The van der Waals surface area contributed by atoms with Gasteiger partial charge in [0, 0.05) is 21.6 Å². The molecule has 158 valence electrons. The minimum absolute atomic E-state index is 0.374. The Hall–Kier alpha value is -2.21. The van der Waals surface area contributed by atoms with E-state index in [0.29, 0.717) is 29.7 Å². The zero-order valence-corrected chi connectivity index (χ0v) is 19.4. The largest absolute Gasteiger partial charge is 0.496 e.